The van der Waals surface area contributed by atoms with Crippen LogP contribution in [0.5, 0.6) is 0 Å². The van der Waals surface area contributed by atoms with Gasteiger partial charge in [0.15, 0.2) is 0 Å². The summed E-state index contributed by atoms with van der Waals surface area (Å²) in [6.45, 7) is 2.32. The SMILES string of the molecule is COC(CN)CC(=O)N(C)C(C)c1ccc(Cl)cc1. The molecule has 0 aliphatic carbocycles. The maximum Gasteiger partial charge on any atom is 0.225 e. The summed E-state index contributed by atoms with van der Waals surface area (Å²) in [5.41, 5.74) is 6.57. The van der Waals surface area contributed by atoms with E-state index in [1.807, 2.05) is 31.2 Å². The van der Waals surface area contributed by atoms with Gasteiger partial charge in [-0.1, -0.05) is 23.7 Å². The van der Waals surface area contributed by atoms with E-state index in [9.17, 15) is 4.79 Å². The molecule has 4 nitrogen and oxygen atoms in total. The molecule has 0 radical (unpaired) electrons. The molecule has 0 aliphatic rings. The van der Waals surface area contributed by atoms with Crippen LogP contribution in [0.1, 0.15) is 24.9 Å². The van der Waals surface area contributed by atoms with Crippen LogP contribution in [0.3, 0.4) is 0 Å². The molecular weight excluding hydrogens is 264 g/mol. The van der Waals surface area contributed by atoms with Crippen molar-refractivity contribution < 1.29 is 9.53 Å². The van der Waals surface area contributed by atoms with Crippen LogP contribution in [-0.2, 0) is 9.53 Å². The third kappa shape index (κ3) is 4.49. The van der Waals surface area contributed by atoms with E-state index in [1.54, 1.807) is 19.1 Å². The van der Waals surface area contributed by atoms with Gasteiger partial charge >= 0.3 is 0 Å². The Labute approximate surface area is 119 Å². The maximum atomic E-state index is 12.1. The number of hydrogen-bond acceptors (Lipinski definition) is 3. The molecule has 0 saturated carbocycles. The highest BCUT2D eigenvalue weighted by Gasteiger charge is 2.20. The van der Waals surface area contributed by atoms with Gasteiger partial charge in [0, 0.05) is 25.7 Å². The van der Waals surface area contributed by atoms with Crippen molar-refractivity contribution in [2.24, 2.45) is 5.73 Å². The number of nitrogens with zero attached hydrogens (tertiary/aromatic N) is 1. The number of ether oxygens (including phenoxy) is 1. The van der Waals surface area contributed by atoms with Crippen LogP contribution in [0.2, 0.25) is 5.02 Å². The Morgan fingerprint density at radius 3 is 2.47 bits per heavy atom. The lowest BCUT2D eigenvalue weighted by atomic mass is 10.1. The molecule has 1 amide bonds. The highest BCUT2D eigenvalue weighted by atomic mass is 35.5. The Hall–Kier alpha value is -1.10. The third-order valence-electron chi connectivity index (χ3n) is 3.33. The summed E-state index contributed by atoms with van der Waals surface area (Å²) < 4.78 is 5.13. The minimum absolute atomic E-state index is 0.0137. The summed E-state index contributed by atoms with van der Waals surface area (Å²) >= 11 is 5.85. The van der Waals surface area contributed by atoms with Crippen molar-refractivity contribution in [3.05, 3.63) is 34.9 Å². The molecule has 0 heterocycles. The van der Waals surface area contributed by atoms with Crippen LogP contribution >= 0.6 is 11.6 Å². The summed E-state index contributed by atoms with van der Waals surface area (Å²) in [5, 5.41) is 0.688. The normalized spacial score (nSPS) is 13.9. The number of methoxy groups -OCH3 is 1. The molecule has 2 atom stereocenters. The lowest BCUT2D eigenvalue weighted by Crippen LogP contribution is -2.35. The molecule has 0 aromatic heterocycles. The number of carbonyl (C=O) groups is 1. The van der Waals surface area contributed by atoms with Gasteiger partial charge in [0.05, 0.1) is 18.6 Å². The largest absolute Gasteiger partial charge is 0.380 e. The number of amides is 1. The van der Waals surface area contributed by atoms with Crippen molar-refractivity contribution in [2.75, 3.05) is 20.7 Å². The number of rotatable bonds is 6. The van der Waals surface area contributed by atoms with E-state index in [4.69, 9.17) is 22.1 Å². The van der Waals surface area contributed by atoms with E-state index in [1.165, 1.54) is 0 Å². The lowest BCUT2D eigenvalue weighted by molar-refractivity contribution is -0.134. The topological polar surface area (TPSA) is 55.6 Å². The van der Waals surface area contributed by atoms with E-state index in [0.29, 0.717) is 18.0 Å². The number of halogens is 1. The zero-order chi connectivity index (χ0) is 14.4. The van der Waals surface area contributed by atoms with Gasteiger partial charge in [-0.05, 0) is 24.6 Å². The second-order valence-corrected chi connectivity index (χ2v) is 4.97. The number of carbonyl (C=O) groups excluding carboxylic acids is 1. The van der Waals surface area contributed by atoms with E-state index in [-0.39, 0.29) is 18.1 Å². The first-order valence-electron chi connectivity index (χ1n) is 6.23. The second-order valence-electron chi connectivity index (χ2n) is 4.53. The summed E-state index contributed by atoms with van der Waals surface area (Å²) in [4.78, 5) is 13.8. The van der Waals surface area contributed by atoms with Gasteiger partial charge in [0.25, 0.3) is 0 Å². The molecule has 0 spiro atoms. The summed E-state index contributed by atoms with van der Waals surface area (Å²) in [5.74, 6) is 0.0137. The zero-order valence-electron chi connectivity index (χ0n) is 11.6. The summed E-state index contributed by atoms with van der Waals surface area (Å²) in [6, 6.07) is 7.48. The van der Waals surface area contributed by atoms with Crippen LogP contribution in [0, 0.1) is 0 Å². The van der Waals surface area contributed by atoms with Gasteiger partial charge in [-0.2, -0.15) is 0 Å². The highest BCUT2D eigenvalue weighted by molar-refractivity contribution is 6.30. The van der Waals surface area contributed by atoms with Crippen molar-refractivity contribution in [2.45, 2.75) is 25.5 Å². The fraction of sp³-hybridized carbons (Fsp3) is 0.500. The molecule has 19 heavy (non-hydrogen) atoms. The average Bonchev–Trinajstić information content (AvgIpc) is 2.43. The third-order valence-corrected chi connectivity index (χ3v) is 3.58. The van der Waals surface area contributed by atoms with Crippen LogP contribution in [0.4, 0.5) is 0 Å². The Morgan fingerprint density at radius 1 is 1.42 bits per heavy atom. The fourth-order valence-electron chi connectivity index (χ4n) is 1.78. The van der Waals surface area contributed by atoms with Crippen molar-refractivity contribution in [3.63, 3.8) is 0 Å². The predicted octanol–water partition coefficient (Wildman–Crippen LogP) is 2.22. The average molecular weight is 285 g/mol. The molecule has 2 unspecified atom stereocenters. The Bertz CT molecular complexity index is 404. The molecule has 5 heteroatoms. The minimum Gasteiger partial charge on any atom is -0.380 e. The van der Waals surface area contributed by atoms with Crippen molar-refractivity contribution in [1.82, 2.24) is 4.90 Å². The Balaban J connectivity index is 2.68. The summed E-state index contributed by atoms with van der Waals surface area (Å²) in [7, 11) is 3.35. The Kier molecular flexibility index (Phi) is 6.28. The van der Waals surface area contributed by atoms with E-state index in [0.717, 1.165) is 5.56 Å². The van der Waals surface area contributed by atoms with Gasteiger partial charge in [-0.3, -0.25) is 4.79 Å². The van der Waals surface area contributed by atoms with E-state index < -0.39 is 0 Å². The summed E-state index contributed by atoms with van der Waals surface area (Å²) in [6.07, 6.45) is 0.0638. The number of hydrogen-bond donors (Lipinski definition) is 1. The van der Waals surface area contributed by atoms with E-state index in [2.05, 4.69) is 0 Å². The minimum atomic E-state index is -0.229. The van der Waals surface area contributed by atoms with Crippen LogP contribution in [0.25, 0.3) is 0 Å². The van der Waals surface area contributed by atoms with Crippen LogP contribution < -0.4 is 5.73 Å². The molecule has 0 aliphatic heterocycles. The molecular formula is C14H21ClN2O2. The van der Waals surface area contributed by atoms with Gasteiger partial charge in [0.2, 0.25) is 5.91 Å². The first-order valence-corrected chi connectivity index (χ1v) is 6.61. The van der Waals surface area contributed by atoms with E-state index >= 15 is 0 Å². The van der Waals surface area contributed by atoms with Gasteiger partial charge in [-0.15, -0.1) is 0 Å². The van der Waals surface area contributed by atoms with Gasteiger partial charge in [-0.25, -0.2) is 0 Å². The molecule has 106 valence electrons. The van der Waals surface area contributed by atoms with Crippen molar-refractivity contribution in [1.29, 1.82) is 0 Å². The van der Waals surface area contributed by atoms with Crippen LogP contribution in [-0.4, -0.2) is 37.6 Å². The first-order chi connectivity index (χ1) is 8.99. The fourth-order valence-corrected chi connectivity index (χ4v) is 1.91. The zero-order valence-corrected chi connectivity index (χ0v) is 12.4. The molecule has 1 aromatic rings. The van der Waals surface area contributed by atoms with Crippen LogP contribution in [0.15, 0.2) is 24.3 Å². The lowest BCUT2D eigenvalue weighted by Gasteiger charge is -2.27. The van der Waals surface area contributed by atoms with Gasteiger partial charge in [0.1, 0.15) is 0 Å². The number of nitrogens with two attached hydrogens (primary N) is 1. The molecule has 1 aromatic carbocycles. The van der Waals surface area contributed by atoms with Crippen molar-refractivity contribution in [3.8, 4) is 0 Å². The highest BCUT2D eigenvalue weighted by Crippen LogP contribution is 2.21. The predicted molar refractivity (Wildman–Crippen MR) is 77.1 cm³/mol. The second kappa shape index (κ2) is 7.48. The monoisotopic (exact) mass is 284 g/mol. The smallest absolute Gasteiger partial charge is 0.225 e. The molecule has 1 rings (SSSR count). The standard InChI is InChI=1S/C14H21ClN2O2/c1-10(11-4-6-12(15)7-5-11)17(2)14(18)8-13(9-16)19-3/h4-7,10,13H,8-9,16H2,1-3H3. The van der Waals surface area contributed by atoms with Gasteiger partial charge < -0.3 is 15.4 Å². The molecule has 0 bridgehead atoms. The Morgan fingerprint density at radius 2 is 2.00 bits per heavy atom. The molecule has 0 fully saturated rings. The maximum absolute atomic E-state index is 12.1. The quantitative estimate of drug-likeness (QED) is 0.871. The number of benzene rings is 1. The van der Waals surface area contributed by atoms with Crippen molar-refractivity contribution >= 4 is 17.5 Å². The first kappa shape index (κ1) is 16.0. The molecule has 2 N–H and O–H groups in total. The molecule has 0 saturated heterocycles.